The monoisotopic (exact) mass is 362 g/mol. The first-order valence-electron chi connectivity index (χ1n) is 9.13. The lowest BCUT2D eigenvalue weighted by Gasteiger charge is -2.19. The van der Waals surface area contributed by atoms with E-state index in [1.54, 1.807) is 18.7 Å². The van der Waals surface area contributed by atoms with Gasteiger partial charge >= 0.3 is 0 Å². The van der Waals surface area contributed by atoms with Crippen LogP contribution >= 0.6 is 0 Å². The molecule has 4 aromatic heterocycles. The largest absolute Gasteiger partial charge is 0.449 e. The highest BCUT2D eigenvalue weighted by Gasteiger charge is 2.17. The Hall–Kier alpha value is -3.22. The number of oxazole rings is 1. The zero-order valence-corrected chi connectivity index (χ0v) is 15.8. The number of hydrogen-bond donors (Lipinski definition) is 0. The first kappa shape index (κ1) is 17.2. The molecule has 0 spiro atoms. The van der Waals surface area contributed by atoms with Crippen LogP contribution in [-0.2, 0) is 6.42 Å². The topological polar surface area (TPSA) is 72.4 Å². The van der Waals surface area contributed by atoms with Crippen molar-refractivity contribution in [3.63, 3.8) is 0 Å². The lowest BCUT2D eigenvalue weighted by atomic mass is 10.1. The van der Waals surface area contributed by atoms with Crippen molar-refractivity contribution >= 4 is 11.5 Å². The number of hydrogen-bond acceptors (Lipinski definition) is 6. The van der Waals surface area contributed by atoms with Crippen molar-refractivity contribution in [3.05, 3.63) is 60.5 Å². The van der Waals surface area contributed by atoms with Gasteiger partial charge in [-0.2, -0.15) is 0 Å². The Kier molecular flexibility index (Phi) is 4.58. The van der Waals surface area contributed by atoms with E-state index in [-0.39, 0.29) is 0 Å². The summed E-state index contributed by atoms with van der Waals surface area (Å²) in [6, 6.07) is 4.13. The lowest BCUT2D eigenvalue weighted by molar-refractivity contribution is 0.520. The van der Waals surface area contributed by atoms with Crippen LogP contribution in [0.15, 0.2) is 47.6 Å². The maximum absolute atomic E-state index is 5.37. The van der Waals surface area contributed by atoms with Crippen LogP contribution in [0.25, 0.3) is 16.9 Å². The van der Waals surface area contributed by atoms with E-state index >= 15 is 0 Å². The second-order valence-corrected chi connectivity index (χ2v) is 6.32. The third-order valence-corrected chi connectivity index (χ3v) is 4.65. The third-order valence-electron chi connectivity index (χ3n) is 4.65. The molecule has 4 rings (SSSR count). The van der Waals surface area contributed by atoms with Gasteiger partial charge in [0.1, 0.15) is 12.1 Å². The zero-order valence-electron chi connectivity index (χ0n) is 15.8. The highest BCUT2D eigenvalue weighted by molar-refractivity contribution is 5.67. The maximum Gasteiger partial charge on any atom is 0.191 e. The predicted molar refractivity (Wildman–Crippen MR) is 104 cm³/mol. The second kappa shape index (κ2) is 7.19. The number of rotatable bonds is 6. The van der Waals surface area contributed by atoms with E-state index < -0.39 is 0 Å². The van der Waals surface area contributed by atoms with E-state index in [4.69, 9.17) is 9.40 Å². The minimum Gasteiger partial charge on any atom is -0.449 e. The highest BCUT2D eigenvalue weighted by atomic mass is 16.3. The molecular formula is C20H22N6O. The van der Waals surface area contributed by atoms with Crippen LogP contribution in [-0.4, -0.2) is 37.4 Å². The fourth-order valence-electron chi connectivity index (χ4n) is 3.28. The molecule has 0 aliphatic carbocycles. The third kappa shape index (κ3) is 3.28. The molecule has 0 atom stereocenters. The number of pyridine rings is 1. The minimum absolute atomic E-state index is 0.621. The van der Waals surface area contributed by atoms with E-state index in [2.05, 4.69) is 45.8 Å². The highest BCUT2D eigenvalue weighted by Crippen LogP contribution is 2.27. The van der Waals surface area contributed by atoms with E-state index in [1.165, 1.54) is 0 Å². The van der Waals surface area contributed by atoms with Crippen molar-refractivity contribution in [1.29, 1.82) is 0 Å². The summed E-state index contributed by atoms with van der Waals surface area (Å²) >= 11 is 0. The van der Waals surface area contributed by atoms with Crippen LogP contribution in [0.4, 0.5) is 5.82 Å². The predicted octanol–water partition coefficient (Wildman–Crippen LogP) is 3.52. The fourth-order valence-corrected chi connectivity index (χ4v) is 3.28. The van der Waals surface area contributed by atoms with Crippen molar-refractivity contribution in [2.75, 3.05) is 18.0 Å². The van der Waals surface area contributed by atoms with Crippen molar-refractivity contribution in [2.45, 2.75) is 27.2 Å². The number of nitrogens with zero attached hydrogens (tertiary/aromatic N) is 6. The molecule has 27 heavy (non-hydrogen) atoms. The summed E-state index contributed by atoms with van der Waals surface area (Å²) in [5.74, 6) is 1.63. The van der Waals surface area contributed by atoms with Gasteiger partial charge in [0.05, 0.1) is 23.3 Å². The molecular weight excluding hydrogens is 340 g/mol. The Morgan fingerprint density at radius 2 is 1.96 bits per heavy atom. The molecule has 0 unspecified atom stereocenters. The summed E-state index contributed by atoms with van der Waals surface area (Å²) in [7, 11) is 0. The molecule has 0 fully saturated rings. The number of aryl methyl sites for hydroxylation is 1. The van der Waals surface area contributed by atoms with Crippen molar-refractivity contribution in [1.82, 2.24) is 24.3 Å². The summed E-state index contributed by atoms with van der Waals surface area (Å²) in [6.45, 7) is 7.97. The Morgan fingerprint density at radius 3 is 2.63 bits per heavy atom. The number of fused-ring (bicyclic) bond motifs is 1. The molecule has 0 saturated heterocycles. The van der Waals surface area contributed by atoms with Crippen molar-refractivity contribution in [3.8, 4) is 11.3 Å². The van der Waals surface area contributed by atoms with Gasteiger partial charge in [0, 0.05) is 50.6 Å². The van der Waals surface area contributed by atoms with Crippen LogP contribution in [0.3, 0.4) is 0 Å². The molecule has 7 nitrogen and oxygen atoms in total. The van der Waals surface area contributed by atoms with Crippen LogP contribution in [0.1, 0.15) is 31.1 Å². The van der Waals surface area contributed by atoms with Gasteiger partial charge in [-0.05, 0) is 26.0 Å². The quantitative estimate of drug-likeness (QED) is 0.522. The van der Waals surface area contributed by atoms with Crippen molar-refractivity contribution < 1.29 is 4.42 Å². The molecule has 7 heteroatoms. The first-order valence-corrected chi connectivity index (χ1v) is 9.13. The molecule has 0 N–H and O–H groups in total. The standard InChI is InChI=1S/C20H22N6O/c1-4-25(5-2)18-7-6-15(11-22-18)20-17(10-16-13-27-14(3)23-16)26-9-8-21-12-19(26)24-20/h6-9,11-13H,4-5,10H2,1-3H3. The van der Waals surface area contributed by atoms with Gasteiger partial charge in [-0.3, -0.25) is 4.98 Å². The second-order valence-electron chi connectivity index (χ2n) is 6.32. The average molecular weight is 362 g/mol. The smallest absolute Gasteiger partial charge is 0.191 e. The Labute approximate surface area is 157 Å². The lowest BCUT2D eigenvalue weighted by Crippen LogP contribution is -2.22. The van der Waals surface area contributed by atoms with Gasteiger partial charge < -0.3 is 13.7 Å². The van der Waals surface area contributed by atoms with E-state index in [0.717, 1.165) is 47.2 Å². The molecule has 0 aliphatic rings. The molecule has 0 saturated carbocycles. The maximum atomic E-state index is 5.37. The van der Waals surface area contributed by atoms with E-state index in [1.807, 2.05) is 23.7 Å². The summed E-state index contributed by atoms with van der Waals surface area (Å²) < 4.78 is 7.41. The van der Waals surface area contributed by atoms with Gasteiger partial charge in [0.2, 0.25) is 0 Å². The van der Waals surface area contributed by atoms with Gasteiger partial charge in [-0.25, -0.2) is 15.0 Å². The minimum atomic E-state index is 0.621. The molecule has 0 bridgehead atoms. The van der Waals surface area contributed by atoms with Crippen LogP contribution in [0, 0.1) is 6.92 Å². The fraction of sp³-hybridized carbons (Fsp3) is 0.300. The molecule has 0 aromatic carbocycles. The van der Waals surface area contributed by atoms with Crippen LogP contribution in [0.2, 0.25) is 0 Å². The van der Waals surface area contributed by atoms with Gasteiger partial charge in [-0.15, -0.1) is 0 Å². The van der Waals surface area contributed by atoms with Crippen LogP contribution < -0.4 is 4.90 Å². The average Bonchev–Trinajstić information content (AvgIpc) is 3.27. The molecule has 0 radical (unpaired) electrons. The Morgan fingerprint density at radius 1 is 1.11 bits per heavy atom. The summed E-state index contributed by atoms with van der Waals surface area (Å²) in [4.78, 5) is 20.3. The summed E-state index contributed by atoms with van der Waals surface area (Å²) in [6.07, 6.45) is 9.65. The Balaban J connectivity index is 1.77. The molecule has 0 amide bonds. The first-order chi connectivity index (χ1) is 13.2. The Bertz CT molecular complexity index is 1050. The van der Waals surface area contributed by atoms with Crippen molar-refractivity contribution in [2.24, 2.45) is 0 Å². The molecule has 4 aromatic rings. The number of aromatic nitrogens is 5. The SMILES string of the molecule is CCN(CC)c1ccc(-c2nc3cnccn3c2Cc2coc(C)n2)cn1. The van der Waals surface area contributed by atoms with Gasteiger partial charge in [0.15, 0.2) is 11.5 Å². The van der Waals surface area contributed by atoms with Gasteiger partial charge in [-0.1, -0.05) is 0 Å². The zero-order chi connectivity index (χ0) is 18.8. The molecule has 0 aliphatic heterocycles. The van der Waals surface area contributed by atoms with E-state index in [9.17, 15) is 0 Å². The number of anilines is 1. The molecule has 4 heterocycles. The normalized spacial score (nSPS) is 11.2. The summed E-state index contributed by atoms with van der Waals surface area (Å²) in [5, 5.41) is 0. The van der Waals surface area contributed by atoms with Gasteiger partial charge in [0.25, 0.3) is 0 Å². The summed E-state index contributed by atoms with van der Waals surface area (Å²) in [5.41, 5.74) is 4.58. The van der Waals surface area contributed by atoms with E-state index in [0.29, 0.717) is 12.3 Å². The number of imidazole rings is 1. The van der Waals surface area contributed by atoms with Crippen LogP contribution in [0.5, 0.6) is 0 Å². The molecule has 138 valence electrons.